The molecule has 0 bridgehead atoms. The third kappa shape index (κ3) is 5.90. The number of ether oxygens (including phenoxy) is 2. The Morgan fingerprint density at radius 1 is 1.05 bits per heavy atom. The quantitative estimate of drug-likeness (QED) is 0.281. The van der Waals surface area contributed by atoms with Gasteiger partial charge in [-0.1, -0.05) is 0 Å². The lowest BCUT2D eigenvalue weighted by molar-refractivity contribution is -0.0601. The Morgan fingerprint density at radius 2 is 1.74 bits per heavy atom. The zero-order valence-corrected chi connectivity index (χ0v) is 23.6. The molecule has 208 valence electrons. The van der Waals surface area contributed by atoms with Crippen LogP contribution in [0.1, 0.15) is 31.7 Å². The van der Waals surface area contributed by atoms with Crippen molar-refractivity contribution in [1.82, 2.24) is 19.9 Å². The van der Waals surface area contributed by atoms with Crippen LogP contribution in [0.2, 0.25) is 0 Å². The Balaban J connectivity index is 1.80. The number of aromatic nitrogens is 4. The van der Waals surface area contributed by atoms with Crippen molar-refractivity contribution in [3.05, 3.63) is 23.7 Å². The van der Waals surface area contributed by atoms with Crippen molar-refractivity contribution >= 4 is 33.3 Å². The van der Waals surface area contributed by atoms with Crippen LogP contribution >= 0.6 is 11.3 Å². The number of aliphatic hydroxyl groups is 3. The van der Waals surface area contributed by atoms with Gasteiger partial charge in [0.2, 0.25) is 5.95 Å². The highest BCUT2D eigenvalue weighted by Crippen LogP contribution is 2.40. The number of hydrogen-bond acceptors (Lipinski definition) is 12. The summed E-state index contributed by atoms with van der Waals surface area (Å²) in [6.07, 6.45) is -0.0296. The molecule has 1 saturated carbocycles. The van der Waals surface area contributed by atoms with Crippen molar-refractivity contribution in [2.24, 2.45) is 5.92 Å². The molecule has 1 aliphatic carbocycles. The summed E-state index contributed by atoms with van der Waals surface area (Å²) >= 11 is 1.52. The van der Waals surface area contributed by atoms with Gasteiger partial charge >= 0.3 is 0 Å². The SMILES string of the molecule is COCCN(CCOC)c1nc(C)c(-c2nc3c(C)nccc3s2)c(N[C@@H]2C[C@H](C(C)(C)O)[C@@H](O)[C@H]2O)n1. The molecule has 0 aromatic carbocycles. The molecule has 3 heterocycles. The van der Waals surface area contributed by atoms with Gasteiger partial charge < -0.3 is 35.0 Å². The minimum absolute atomic E-state index is 0.365. The number of hydrogen-bond donors (Lipinski definition) is 4. The maximum Gasteiger partial charge on any atom is 0.227 e. The van der Waals surface area contributed by atoms with Crippen LogP contribution in [0.5, 0.6) is 0 Å². The van der Waals surface area contributed by atoms with Gasteiger partial charge in [-0.2, -0.15) is 4.98 Å². The van der Waals surface area contributed by atoms with E-state index in [1.54, 1.807) is 34.3 Å². The van der Waals surface area contributed by atoms with Crippen LogP contribution in [0.4, 0.5) is 11.8 Å². The second kappa shape index (κ2) is 11.7. The van der Waals surface area contributed by atoms with E-state index in [2.05, 4.69) is 10.3 Å². The average Bonchev–Trinajstić information content (AvgIpc) is 3.41. The van der Waals surface area contributed by atoms with E-state index in [0.717, 1.165) is 26.5 Å². The van der Waals surface area contributed by atoms with Gasteiger partial charge in [0.1, 0.15) is 22.4 Å². The number of anilines is 2. The van der Waals surface area contributed by atoms with Gasteiger partial charge in [-0.05, 0) is 40.2 Å². The molecule has 0 aliphatic heterocycles. The lowest BCUT2D eigenvalue weighted by atomic mass is 9.88. The topological polar surface area (TPSA) is 146 Å². The molecule has 0 radical (unpaired) electrons. The third-order valence-electron chi connectivity index (χ3n) is 7.11. The van der Waals surface area contributed by atoms with Gasteiger partial charge in [-0.25, -0.2) is 9.97 Å². The van der Waals surface area contributed by atoms with Crippen molar-refractivity contribution in [2.75, 3.05) is 50.7 Å². The fraction of sp³-hybridized carbons (Fsp3) is 0.615. The Labute approximate surface area is 226 Å². The van der Waals surface area contributed by atoms with Gasteiger partial charge in [0.15, 0.2) is 0 Å². The first-order valence-electron chi connectivity index (χ1n) is 12.7. The lowest BCUT2D eigenvalue weighted by Crippen LogP contribution is -2.40. The largest absolute Gasteiger partial charge is 0.390 e. The molecule has 3 aromatic heterocycles. The molecule has 4 N–H and O–H groups in total. The molecule has 1 aliphatic rings. The summed E-state index contributed by atoms with van der Waals surface area (Å²) in [5.74, 6) is 0.496. The van der Waals surface area contributed by atoms with Crippen LogP contribution in [-0.4, -0.2) is 99.6 Å². The predicted octanol–water partition coefficient (Wildman–Crippen LogP) is 2.16. The Hall–Kier alpha value is -2.48. The maximum absolute atomic E-state index is 10.9. The Bertz CT molecular complexity index is 1240. The summed E-state index contributed by atoms with van der Waals surface area (Å²) in [4.78, 5) is 21.0. The van der Waals surface area contributed by atoms with Crippen molar-refractivity contribution in [3.8, 4) is 10.6 Å². The van der Waals surface area contributed by atoms with Crippen molar-refractivity contribution in [3.63, 3.8) is 0 Å². The third-order valence-corrected chi connectivity index (χ3v) is 8.15. The van der Waals surface area contributed by atoms with Gasteiger partial charge in [0, 0.05) is 39.4 Å². The second-order valence-electron chi connectivity index (χ2n) is 10.3. The molecule has 11 nitrogen and oxygen atoms in total. The van der Waals surface area contributed by atoms with Gasteiger partial charge in [0.25, 0.3) is 0 Å². The zero-order chi connectivity index (χ0) is 27.6. The minimum atomic E-state index is -1.15. The molecule has 0 spiro atoms. The number of methoxy groups -OCH3 is 2. The van der Waals surface area contributed by atoms with Crippen molar-refractivity contribution in [1.29, 1.82) is 0 Å². The molecule has 12 heteroatoms. The van der Waals surface area contributed by atoms with Crippen LogP contribution in [0, 0.1) is 19.8 Å². The highest BCUT2D eigenvalue weighted by molar-refractivity contribution is 7.21. The number of thiazole rings is 1. The summed E-state index contributed by atoms with van der Waals surface area (Å²) in [6, 6.07) is 1.40. The van der Waals surface area contributed by atoms with Gasteiger partial charge in [-0.3, -0.25) is 4.98 Å². The second-order valence-corrected chi connectivity index (χ2v) is 11.3. The molecular weight excluding hydrogens is 508 g/mol. The molecule has 38 heavy (non-hydrogen) atoms. The number of pyridine rings is 1. The maximum atomic E-state index is 10.9. The molecule has 3 aromatic rings. The number of nitrogens with one attached hydrogen (secondary N) is 1. The first kappa shape index (κ1) is 28.5. The van der Waals surface area contributed by atoms with E-state index in [4.69, 9.17) is 24.4 Å². The normalized spacial score (nSPS) is 21.8. The first-order valence-corrected chi connectivity index (χ1v) is 13.6. The van der Waals surface area contributed by atoms with E-state index < -0.39 is 29.8 Å². The summed E-state index contributed by atoms with van der Waals surface area (Å²) in [5.41, 5.74) is 1.95. The molecule has 4 rings (SSSR count). The number of nitrogens with zero attached hydrogens (tertiary/aromatic N) is 5. The van der Waals surface area contributed by atoms with Crippen LogP contribution < -0.4 is 10.2 Å². The van der Waals surface area contributed by atoms with Crippen LogP contribution in [-0.2, 0) is 9.47 Å². The van der Waals surface area contributed by atoms with E-state index in [1.165, 1.54) is 11.3 Å². The summed E-state index contributed by atoms with van der Waals surface area (Å²) in [5, 5.41) is 36.3. The smallest absolute Gasteiger partial charge is 0.227 e. The van der Waals surface area contributed by atoms with E-state index >= 15 is 0 Å². The lowest BCUT2D eigenvalue weighted by Gasteiger charge is -2.28. The number of rotatable bonds is 11. The molecule has 0 amide bonds. The van der Waals surface area contributed by atoms with Crippen molar-refractivity contribution < 1.29 is 24.8 Å². The highest BCUT2D eigenvalue weighted by Gasteiger charge is 2.48. The summed E-state index contributed by atoms with van der Waals surface area (Å²) in [6.45, 7) is 9.24. The highest BCUT2D eigenvalue weighted by atomic mass is 32.1. The minimum Gasteiger partial charge on any atom is -0.390 e. The number of aliphatic hydroxyl groups excluding tert-OH is 2. The fourth-order valence-electron chi connectivity index (χ4n) is 4.92. The molecule has 0 unspecified atom stereocenters. The summed E-state index contributed by atoms with van der Waals surface area (Å²) < 4.78 is 11.6. The van der Waals surface area contributed by atoms with Crippen LogP contribution in [0.25, 0.3) is 20.8 Å². The monoisotopic (exact) mass is 546 g/mol. The number of aryl methyl sites for hydroxylation is 2. The van der Waals surface area contributed by atoms with Crippen LogP contribution in [0.3, 0.4) is 0 Å². The van der Waals surface area contributed by atoms with Crippen LogP contribution in [0.15, 0.2) is 12.3 Å². The molecular formula is C26H38N6O5S. The molecule has 4 atom stereocenters. The first-order chi connectivity index (χ1) is 18.0. The Morgan fingerprint density at radius 3 is 2.32 bits per heavy atom. The van der Waals surface area contributed by atoms with Gasteiger partial charge in [0.05, 0.1) is 52.6 Å². The molecule has 0 saturated heterocycles. The average molecular weight is 547 g/mol. The van der Waals surface area contributed by atoms with E-state index in [0.29, 0.717) is 50.2 Å². The predicted molar refractivity (Wildman–Crippen MR) is 148 cm³/mol. The standard InChI is InChI=1S/C26H38N6O5S/c1-14-19(24-30-20-15(2)27-8-7-18(20)38-24)23(29-17-13-16(26(3,4)35)21(33)22(17)34)31-25(28-14)32(9-11-36-5)10-12-37-6/h7-8,16-17,21-22,33-35H,9-13H2,1-6H3,(H,28,29,31)/t16-,17+,21+,22-/m0/s1. The number of fused-ring (bicyclic) bond motifs is 1. The summed E-state index contributed by atoms with van der Waals surface area (Å²) in [7, 11) is 3.29. The van der Waals surface area contributed by atoms with E-state index in [9.17, 15) is 15.3 Å². The van der Waals surface area contributed by atoms with E-state index in [1.807, 2.05) is 24.8 Å². The zero-order valence-electron chi connectivity index (χ0n) is 22.8. The van der Waals surface area contributed by atoms with Crippen molar-refractivity contribution in [2.45, 2.75) is 58.0 Å². The fourth-order valence-corrected chi connectivity index (χ4v) is 6.03. The van der Waals surface area contributed by atoms with E-state index in [-0.39, 0.29) is 0 Å². The molecule has 1 fully saturated rings. The van der Waals surface area contributed by atoms with Gasteiger partial charge in [-0.15, -0.1) is 11.3 Å². The Kier molecular flexibility index (Phi) is 8.80.